The van der Waals surface area contributed by atoms with Crippen molar-refractivity contribution in [1.82, 2.24) is 46.2 Å². The molecule has 1 aromatic rings. The van der Waals surface area contributed by atoms with Gasteiger partial charge in [-0.25, -0.2) is 14.4 Å². The van der Waals surface area contributed by atoms with E-state index in [2.05, 4.69) is 26.6 Å². The molecule has 390 valence electrons. The van der Waals surface area contributed by atoms with Crippen molar-refractivity contribution in [3.8, 4) is 0 Å². The van der Waals surface area contributed by atoms with Crippen LogP contribution in [-0.4, -0.2) is 220 Å². The molecule has 0 unspecified atom stereocenters. The number of carbonyl (C=O) groups excluding carboxylic acids is 4. The largest absolute Gasteiger partial charge is 0.481 e. The van der Waals surface area contributed by atoms with Crippen LogP contribution in [0.3, 0.4) is 0 Å². The second-order valence-corrected chi connectivity index (χ2v) is 17.7. The van der Waals surface area contributed by atoms with Crippen molar-refractivity contribution >= 4 is 59.6 Å². The van der Waals surface area contributed by atoms with Gasteiger partial charge in [0.2, 0.25) is 17.7 Å². The van der Waals surface area contributed by atoms with Crippen LogP contribution in [0.2, 0.25) is 0 Å². The summed E-state index contributed by atoms with van der Waals surface area (Å²) in [5, 5.41) is 69.1. The van der Waals surface area contributed by atoms with Crippen LogP contribution in [0.4, 0.5) is 4.79 Å². The van der Waals surface area contributed by atoms with E-state index in [9.17, 15) is 73.5 Å². The molecule has 1 heterocycles. The first-order valence-corrected chi connectivity index (χ1v) is 23.5. The van der Waals surface area contributed by atoms with Gasteiger partial charge in [-0.05, 0) is 62.8 Å². The number of benzene rings is 1. The first-order chi connectivity index (χ1) is 33.3. The van der Waals surface area contributed by atoms with Crippen LogP contribution < -0.4 is 26.6 Å². The summed E-state index contributed by atoms with van der Waals surface area (Å²) >= 11 is 0. The summed E-state index contributed by atoms with van der Waals surface area (Å²) in [5.74, 6) is -8.61. The van der Waals surface area contributed by atoms with Crippen molar-refractivity contribution in [2.75, 3.05) is 91.6 Å². The highest BCUT2D eigenvalue weighted by molar-refractivity contribution is 5.89. The zero-order chi connectivity index (χ0) is 51.6. The van der Waals surface area contributed by atoms with E-state index in [0.29, 0.717) is 51.7 Å². The fourth-order valence-electron chi connectivity index (χ4n) is 8.23. The molecule has 2 fully saturated rings. The normalized spacial score (nSPS) is 19.1. The third kappa shape index (κ3) is 23.7. The molecule has 3 rings (SSSR count). The van der Waals surface area contributed by atoms with E-state index in [-0.39, 0.29) is 115 Å². The molecular weight excluding hydrogens is 923 g/mol. The average molecular weight is 992 g/mol. The van der Waals surface area contributed by atoms with Crippen molar-refractivity contribution in [2.24, 2.45) is 11.8 Å². The number of carboxylic acid groups (broad SMARTS) is 6. The maximum atomic E-state index is 13.6. The van der Waals surface area contributed by atoms with Gasteiger partial charge < -0.3 is 57.2 Å². The number of nitrogens with one attached hydrogen (secondary N) is 5. The summed E-state index contributed by atoms with van der Waals surface area (Å²) in [4.78, 5) is 128. The second kappa shape index (κ2) is 30.9. The first-order valence-electron chi connectivity index (χ1n) is 23.5. The molecule has 1 aliphatic carbocycles. The molecule has 11 N–H and O–H groups in total. The molecule has 0 radical (unpaired) electrons. The average Bonchev–Trinajstić information content (AvgIpc) is 3.29. The van der Waals surface area contributed by atoms with E-state index in [4.69, 9.17) is 5.11 Å². The molecule has 0 spiro atoms. The Bertz CT molecular complexity index is 1890. The highest BCUT2D eigenvalue weighted by Gasteiger charge is 2.31. The Labute approximate surface area is 405 Å². The summed E-state index contributed by atoms with van der Waals surface area (Å²) in [5.41, 5.74) is 0.802. The second-order valence-electron chi connectivity index (χ2n) is 17.7. The lowest BCUT2D eigenvalue weighted by molar-refractivity contribution is -0.141. The number of carboxylic acids is 6. The predicted molar refractivity (Wildman–Crippen MR) is 247 cm³/mol. The fourth-order valence-corrected chi connectivity index (χ4v) is 8.23. The smallest absolute Gasteiger partial charge is 0.326 e. The van der Waals surface area contributed by atoms with Crippen molar-refractivity contribution < 1.29 is 78.6 Å². The summed E-state index contributed by atoms with van der Waals surface area (Å²) < 4.78 is 0. The molecule has 1 saturated heterocycles. The van der Waals surface area contributed by atoms with Crippen LogP contribution in [0.1, 0.15) is 63.4 Å². The molecule has 0 bridgehead atoms. The van der Waals surface area contributed by atoms with Gasteiger partial charge in [-0.3, -0.25) is 53.2 Å². The van der Waals surface area contributed by atoms with Gasteiger partial charge in [0, 0.05) is 84.2 Å². The Balaban J connectivity index is 1.50. The Hall–Kier alpha value is -6.44. The molecule has 5 amide bonds. The third-order valence-corrected chi connectivity index (χ3v) is 12.2. The molecular formula is C45H69N9O16. The van der Waals surface area contributed by atoms with Gasteiger partial charge in [0.1, 0.15) is 18.1 Å². The minimum Gasteiger partial charge on any atom is -0.481 e. The van der Waals surface area contributed by atoms with Crippen molar-refractivity contribution in [1.29, 1.82) is 0 Å². The molecule has 2 aliphatic rings. The fraction of sp³-hybridized carbons (Fsp3) is 0.644. The predicted octanol–water partition coefficient (Wildman–Crippen LogP) is -1.53. The van der Waals surface area contributed by atoms with Gasteiger partial charge in [-0.2, -0.15) is 0 Å². The van der Waals surface area contributed by atoms with Crippen LogP contribution in [0.5, 0.6) is 0 Å². The van der Waals surface area contributed by atoms with Gasteiger partial charge >= 0.3 is 41.8 Å². The highest BCUT2D eigenvalue weighted by atomic mass is 16.4. The molecule has 1 aromatic carbocycles. The van der Waals surface area contributed by atoms with Crippen molar-refractivity contribution in [2.45, 2.75) is 82.3 Å². The first kappa shape index (κ1) is 57.9. The molecule has 70 heavy (non-hydrogen) atoms. The van der Waals surface area contributed by atoms with Gasteiger partial charge in [0.05, 0.1) is 26.2 Å². The maximum absolute atomic E-state index is 13.6. The Morgan fingerprint density at radius 1 is 0.529 bits per heavy atom. The Morgan fingerprint density at radius 3 is 1.46 bits per heavy atom. The standard InChI is InChI=1S/C45H69N9O16/c55-36(26-51-16-18-52(27-38(58)59)20-22-54(29-40(62)63)23-21-53(19-17-51)28-39(60)61)47-25-31-9-11-32(12-10-31)41(64)48-35(24-30-6-2-1-3-7-30)42(65)46-15-5-4-8-33(43(66)67)49-45(70)50-34(44(68)69)13-14-37(56)57/h1-3,6-7,31-35H,4-5,8-29H2,(H,46,65)(H,47,55)(H,48,64)(H,56,57)(H,58,59)(H,60,61)(H,62,63)(H,66,67)(H,68,69)(H2,49,50,70)/t31?,32?,33-,34-,35-/m0/s1. The minimum atomic E-state index is -1.55. The highest BCUT2D eigenvalue weighted by Crippen LogP contribution is 2.29. The van der Waals surface area contributed by atoms with Crippen LogP contribution in [0.25, 0.3) is 0 Å². The van der Waals surface area contributed by atoms with E-state index in [1.165, 1.54) is 0 Å². The number of rotatable bonds is 27. The van der Waals surface area contributed by atoms with Gasteiger partial charge in [0.15, 0.2) is 0 Å². The lowest BCUT2D eigenvalue weighted by Gasteiger charge is -2.33. The minimum absolute atomic E-state index is 0.0241. The number of amides is 5. The number of aliphatic carboxylic acids is 6. The number of nitrogens with zero attached hydrogens (tertiary/aromatic N) is 4. The molecule has 3 atom stereocenters. The van der Waals surface area contributed by atoms with E-state index in [1.54, 1.807) is 14.7 Å². The lowest BCUT2D eigenvalue weighted by Crippen LogP contribution is -2.51. The summed E-state index contributed by atoms with van der Waals surface area (Å²) in [7, 11) is 0. The number of hydrogen-bond donors (Lipinski definition) is 11. The Kier molecular flexibility index (Phi) is 25.6. The van der Waals surface area contributed by atoms with Crippen molar-refractivity contribution in [3.63, 3.8) is 0 Å². The van der Waals surface area contributed by atoms with E-state index < -0.39 is 78.7 Å². The summed E-state index contributed by atoms with van der Waals surface area (Å²) in [6.45, 7) is 1.78. The number of urea groups is 1. The SMILES string of the molecule is O=C(O)CC[C@H](NC(=O)N[C@@H](CCCCNC(=O)[C@H](Cc1ccccc1)NC(=O)C1CCC(CNC(=O)CN2CCN(CC(=O)O)CCN(CC(=O)O)CCN(CC(=O)O)CC2)CC1)C(=O)O)C(=O)O. The topological polar surface area (TPSA) is 365 Å². The van der Waals surface area contributed by atoms with Gasteiger partial charge in [-0.1, -0.05) is 30.3 Å². The number of hydrogen-bond acceptors (Lipinski definition) is 14. The molecule has 1 aliphatic heterocycles. The quantitative estimate of drug-likeness (QED) is 0.0445. The van der Waals surface area contributed by atoms with E-state index >= 15 is 0 Å². The van der Waals surface area contributed by atoms with Crippen molar-refractivity contribution in [3.05, 3.63) is 35.9 Å². The van der Waals surface area contributed by atoms with Gasteiger partial charge in [0.25, 0.3) is 0 Å². The number of unbranched alkanes of at least 4 members (excludes halogenated alkanes) is 1. The maximum Gasteiger partial charge on any atom is 0.326 e. The van der Waals surface area contributed by atoms with Crippen LogP contribution in [0.15, 0.2) is 30.3 Å². The number of carbonyl (C=O) groups is 10. The third-order valence-electron chi connectivity index (χ3n) is 12.2. The monoisotopic (exact) mass is 991 g/mol. The summed E-state index contributed by atoms with van der Waals surface area (Å²) in [6.07, 6.45) is 2.00. The molecule has 1 saturated carbocycles. The van der Waals surface area contributed by atoms with Crippen LogP contribution >= 0.6 is 0 Å². The zero-order valence-corrected chi connectivity index (χ0v) is 39.3. The zero-order valence-electron chi connectivity index (χ0n) is 39.3. The molecule has 0 aromatic heterocycles. The van der Waals surface area contributed by atoms with Gasteiger partial charge in [-0.15, -0.1) is 0 Å². The lowest BCUT2D eigenvalue weighted by atomic mass is 9.81. The molecule has 25 heteroatoms. The molecule has 25 nitrogen and oxygen atoms in total. The van der Waals surface area contributed by atoms with E-state index in [1.807, 2.05) is 35.2 Å². The Morgan fingerprint density at radius 2 is 1.00 bits per heavy atom. The van der Waals surface area contributed by atoms with Crippen LogP contribution in [0, 0.1) is 11.8 Å². The summed E-state index contributed by atoms with van der Waals surface area (Å²) in [6, 6.07) is 4.12. The van der Waals surface area contributed by atoms with Crippen LogP contribution in [-0.2, 0) is 49.6 Å². The van der Waals surface area contributed by atoms with E-state index in [0.717, 1.165) is 5.56 Å².